The summed E-state index contributed by atoms with van der Waals surface area (Å²) in [6, 6.07) is 15.8. The summed E-state index contributed by atoms with van der Waals surface area (Å²) < 4.78 is 40.4. The molecule has 0 aliphatic rings. The lowest BCUT2D eigenvalue weighted by Crippen LogP contribution is -2.27. The molecule has 7 heteroatoms. The molecule has 140 valence electrons. The Morgan fingerprint density at radius 2 is 1.74 bits per heavy atom. The van der Waals surface area contributed by atoms with Gasteiger partial charge in [0.1, 0.15) is 0 Å². The van der Waals surface area contributed by atoms with E-state index in [1.54, 1.807) is 18.9 Å². The first kappa shape index (κ1) is 18.7. The molecule has 0 unspecified atom stereocenters. The zero-order valence-electron chi connectivity index (χ0n) is 14.9. The molecule has 0 saturated carbocycles. The summed E-state index contributed by atoms with van der Waals surface area (Å²) in [5.41, 5.74) is 0.647. The van der Waals surface area contributed by atoms with Crippen LogP contribution in [0.4, 0.5) is 19.0 Å². The van der Waals surface area contributed by atoms with Crippen molar-refractivity contribution < 1.29 is 13.2 Å². The molecular weight excluding hydrogens is 355 g/mol. The van der Waals surface area contributed by atoms with Gasteiger partial charge in [-0.3, -0.25) is 4.79 Å². The van der Waals surface area contributed by atoms with Gasteiger partial charge in [-0.05, 0) is 30.7 Å². The van der Waals surface area contributed by atoms with E-state index in [1.807, 2.05) is 30.3 Å². The fourth-order valence-electron chi connectivity index (χ4n) is 2.81. The third kappa shape index (κ3) is 4.19. The van der Waals surface area contributed by atoms with Crippen LogP contribution in [0, 0.1) is 6.92 Å². The van der Waals surface area contributed by atoms with Crippen LogP contribution in [0.1, 0.15) is 16.8 Å². The predicted octanol–water partition coefficient (Wildman–Crippen LogP) is 4.20. The zero-order valence-corrected chi connectivity index (χ0v) is 14.9. The number of aromatic nitrogens is 2. The fraction of sp³-hybridized carbons (Fsp3) is 0.200. The number of alkyl halides is 3. The standard InChI is InChI=1S/C20H18F3N3O/c1-14-11-18(27)19(25(2)13-15-7-4-3-5-8-15)24-26(14)17-10-6-9-16(12-17)20(21,22)23/h3-12H,13H2,1-2H3. The highest BCUT2D eigenvalue weighted by atomic mass is 19.4. The van der Waals surface area contributed by atoms with Gasteiger partial charge in [-0.15, -0.1) is 5.10 Å². The lowest BCUT2D eigenvalue weighted by atomic mass is 10.2. The largest absolute Gasteiger partial charge is 0.416 e. The van der Waals surface area contributed by atoms with Crippen LogP contribution in [-0.4, -0.2) is 16.8 Å². The molecule has 4 nitrogen and oxygen atoms in total. The van der Waals surface area contributed by atoms with Crippen LogP contribution < -0.4 is 10.3 Å². The SMILES string of the molecule is Cc1cc(=O)c(N(C)Cc2ccccc2)nn1-c1cccc(C(F)(F)F)c1. The van der Waals surface area contributed by atoms with E-state index in [1.165, 1.54) is 22.9 Å². The summed E-state index contributed by atoms with van der Waals surface area (Å²) in [5, 5.41) is 4.32. The van der Waals surface area contributed by atoms with Gasteiger partial charge in [-0.1, -0.05) is 36.4 Å². The number of rotatable bonds is 4. The molecule has 0 spiro atoms. The number of anilines is 1. The highest BCUT2D eigenvalue weighted by Gasteiger charge is 2.30. The number of benzene rings is 2. The van der Waals surface area contributed by atoms with Gasteiger partial charge in [0.25, 0.3) is 0 Å². The molecular formula is C20H18F3N3O. The van der Waals surface area contributed by atoms with E-state index in [0.29, 0.717) is 12.2 Å². The van der Waals surface area contributed by atoms with Gasteiger partial charge in [-0.2, -0.15) is 13.2 Å². The first-order valence-electron chi connectivity index (χ1n) is 8.29. The van der Waals surface area contributed by atoms with Crippen molar-refractivity contribution in [2.75, 3.05) is 11.9 Å². The highest BCUT2D eigenvalue weighted by Crippen LogP contribution is 2.30. The van der Waals surface area contributed by atoms with E-state index in [0.717, 1.165) is 17.7 Å². The van der Waals surface area contributed by atoms with Crippen LogP contribution in [-0.2, 0) is 12.7 Å². The van der Waals surface area contributed by atoms with E-state index >= 15 is 0 Å². The Balaban J connectivity index is 2.01. The van der Waals surface area contributed by atoms with Crippen molar-refractivity contribution in [1.29, 1.82) is 0 Å². The van der Waals surface area contributed by atoms with Crippen LogP contribution in [0.5, 0.6) is 0 Å². The second-order valence-corrected chi connectivity index (χ2v) is 6.28. The number of nitrogens with zero attached hydrogens (tertiary/aromatic N) is 3. The molecule has 0 amide bonds. The number of aryl methyl sites for hydroxylation is 1. The molecule has 0 fully saturated rings. The van der Waals surface area contributed by atoms with Crippen molar-refractivity contribution in [3.05, 3.63) is 87.7 Å². The summed E-state index contributed by atoms with van der Waals surface area (Å²) in [5.74, 6) is 0.168. The molecule has 3 rings (SSSR count). The Hall–Kier alpha value is -3.09. The molecule has 0 radical (unpaired) electrons. The first-order chi connectivity index (χ1) is 12.8. The molecule has 1 heterocycles. The monoisotopic (exact) mass is 373 g/mol. The average molecular weight is 373 g/mol. The molecule has 0 atom stereocenters. The topological polar surface area (TPSA) is 38.1 Å². The molecule has 0 bridgehead atoms. The Bertz CT molecular complexity index is 997. The molecule has 0 N–H and O–H groups in total. The summed E-state index contributed by atoms with van der Waals surface area (Å²) in [4.78, 5) is 14.1. The van der Waals surface area contributed by atoms with Gasteiger partial charge in [-0.25, -0.2) is 4.68 Å². The van der Waals surface area contributed by atoms with Crippen LogP contribution in [0.2, 0.25) is 0 Å². The Kier molecular flexibility index (Phi) is 5.03. The van der Waals surface area contributed by atoms with Gasteiger partial charge >= 0.3 is 6.18 Å². The Morgan fingerprint density at radius 3 is 2.41 bits per heavy atom. The molecule has 0 aliphatic carbocycles. The second kappa shape index (κ2) is 7.26. The zero-order chi connectivity index (χ0) is 19.6. The molecule has 2 aromatic carbocycles. The maximum atomic E-state index is 13.0. The normalized spacial score (nSPS) is 11.4. The number of halogens is 3. The van der Waals surface area contributed by atoms with Crippen molar-refractivity contribution in [3.8, 4) is 5.69 Å². The van der Waals surface area contributed by atoms with Gasteiger partial charge < -0.3 is 4.90 Å². The smallest absolute Gasteiger partial charge is 0.351 e. The van der Waals surface area contributed by atoms with Gasteiger partial charge in [0.2, 0.25) is 5.43 Å². The highest BCUT2D eigenvalue weighted by molar-refractivity contribution is 5.43. The summed E-state index contributed by atoms with van der Waals surface area (Å²) in [7, 11) is 1.72. The van der Waals surface area contributed by atoms with Gasteiger partial charge in [0.05, 0.1) is 11.3 Å². The minimum atomic E-state index is -4.45. The van der Waals surface area contributed by atoms with Gasteiger partial charge in [0, 0.05) is 25.4 Å². The number of hydrogen-bond donors (Lipinski definition) is 0. The second-order valence-electron chi connectivity index (χ2n) is 6.28. The van der Waals surface area contributed by atoms with Crippen LogP contribution in [0.15, 0.2) is 65.5 Å². The Morgan fingerprint density at radius 1 is 1.04 bits per heavy atom. The van der Waals surface area contributed by atoms with E-state index in [-0.39, 0.29) is 16.9 Å². The minimum Gasteiger partial charge on any atom is -0.351 e. The van der Waals surface area contributed by atoms with Crippen molar-refractivity contribution in [3.63, 3.8) is 0 Å². The summed E-state index contributed by atoms with van der Waals surface area (Å²) in [6.07, 6.45) is -4.45. The van der Waals surface area contributed by atoms with Gasteiger partial charge in [0.15, 0.2) is 5.82 Å². The van der Waals surface area contributed by atoms with Crippen LogP contribution in [0.25, 0.3) is 5.69 Å². The lowest BCUT2D eigenvalue weighted by Gasteiger charge is -2.20. The van der Waals surface area contributed by atoms with E-state index in [9.17, 15) is 18.0 Å². The summed E-state index contributed by atoms with van der Waals surface area (Å²) in [6.45, 7) is 2.09. The quantitative estimate of drug-likeness (QED) is 0.688. The third-order valence-electron chi connectivity index (χ3n) is 4.13. The molecule has 1 aromatic heterocycles. The average Bonchev–Trinajstić information content (AvgIpc) is 2.62. The van der Waals surface area contributed by atoms with Crippen molar-refractivity contribution in [2.24, 2.45) is 0 Å². The Labute approximate surface area is 154 Å². The van der Waals surface area contributed by atoms with Crippen LogP contribution >= 0.6 is 0 Å². The van der Waals surface area contributed by atoms with Crippen LogP contribution in [0.3, 0.4) is 0 Å². The van der Waals surface area contributed by atoms with E-state index in [2.05, 4.69) is 5.10 Å². The maximum absolute atomic E-state index is 13.0. The number of hydrogen-bond acceptors (Lipinski definition) is 3. The third-order valence-corrected chi connectivity index (χ3v) is 4.13. The molecule has 3 aromatic rings. The molecule has 0 aliphatic heterocycles. The maximum Gasteiger partial charge on any atom is 0.416 e. The molecule has 0 saturated heterocycles. The lowest BCUT2D eigenvalue weighted by molar-refractivity contribution is -0.137. The van der Waals surface area contributed by atoms with E-state index < -0.39 is 11.7 Å². The minimum absolute atomic E-state index is 0.168. The van der Waals surface area contributed by atoms with Crippen molar-refractivity contribution >= 4 is 5.82 Å². The molecule has 27 heavy (non-hydrogen) atoms. The van der Waals surface area contributed by atoms with E-state index in [4.69, 9.17) is 0 Å². The van der Waals surface area contributed by atoms with Crippen molar-refractivity contribution in [2.45, 2.75) is 19.6 Å². The predicted molar refractivity (Wildman–Crippen MR) is 98.1 cm³/mol. The fourth-order valence-corrected chi connectivity index (χ4v) is 2.81. The first-order valence-corrected chi connectivity index (χ1v) is 8.29. The van der Waals surface area contributed by atoms with Crippen molar-refractivity contribution in [1.82, 2.24) is 9.78 Å². The summed E-state index contributed by atoms with van der Waals surface area (Å²) >= 11 is 0.